The van der Waals surface area contributed by atoms with E-state index in [1.807, 2.05) is 36.2 Å². The molecule has 3 rings (SSSR count). The molecule has 0 unspecified atom stereocenters. The number of aliphatic hydroxyl groups is 1. The lowest BCUT2D eigenvalue weighted by atomic mass is 10.0. The lowest BCUT2D eigenvalue weighted by Gasteiger charge is -2.38. The Morgan fingerprint density at radius 1 is 1.17 bits per heavy atom. The summed E-state index contributed by atoms with van der Waals surface area (Å²) in [6.07, 6.45) is -0.148. The SMILES string of the molecule is COC(=O)c1ccc(NC(=O)[C@@H](N)Cc2ccc(N3CCN(C)C[C@@H]3O)cc2)cc1. The normalized spacial score (nSPS) is 18.0. The number of anilines is 2. The Kier molecular flexibility index (Phi) is 7.04. The Balaban J connectivity index is 1.55. The van der Waals surface area contributed by atoms with E-state index in [-0.39, 0.29) is 5.91 Å². The molecule has 0 spiro atoms. The molecule has 0 aliphatic carbocycles. The number of piperazine rings is 1. The van der Waals surface area contributed by atoms with Crippen molar-refractivity contribution in [3.63, 3.8) is 0 Å². The number of carbonyl (C=O) groups excluding carboxylic acids is 2. The molecule has 1 aliphatic rings. The number of nitrogens with one attached hydrogen (secondary N) is 1. The molecule has 2 atom stereocenters. The molecule has 1 heterocycles. The highest BCUT2D eigenvalue weighted by atomic mass is 16.5. The molecule has 1 saturated heterocycles. The van der Waals surface area contributed by atoms with E-state index < -0.39 is 18.2 Å². The van der Waals surface area contributed by atoms with Gasteiger partial charge in [0.1, 0.15) is 6.23 Å². The number of hydrogen-bond donors (Lipinski definition) is 3. The van der Waals surface area contributed by atoms with Crippen LogP contribution in [0.3, 0.4) is 0 Å². The second kappa shape index (κ2) is 9.71. The molecule has 2 aromatic carbocycles. The van der Waals surface area contributed by atoms with Gasteiger partial charge in [-0.05, 0) is 55.4 Å². The van der Waals surface area contributed by atoms with Gasteiger partial charge in [0, 0.05) is 31.0 Å². The fourth-order valence-electron chi connectivity index (χ4n) is 3.41. The van der Waals surface area contributed by atoms with E-state index in [9.17, 15) is 14.7 Å². The maximum Gasteiger partial charge on any atom is 0.337 e. The number of likely N-dealkylation sites (N-methyl/N-ethyl adjacent to an activating group) is 1. The summed E-state index contributed by atoms with van der Waals surface area (Å²) in [5.74, 6) is -0.739. The van der Waals surface area contributed by atoms with Crippen LogP contribution in [0.25, 0.3) is 0 Å². The van der Waals surface area contributed by atoms with Gasteiger partial charge < -0.3 is 30.7 Å². The molecular formula is C22H28N4O4. The minimum atomic E-state index is -0.717. The summed E-state index contributed by atoms with van der Waals surface area (Å²) in [6.45, 7) is 2.26. The first-order valence-corrected chi connectivity index (χ1v) is 9.84. The van der Waals surface area contributed by atoms with Gasteiger partial charge in [0.2, 0.25) is 5.91 Å². The van der Waals surface area contributed by atoms with Crippen molar-refractivity contribution in [3.05, 3.63) is 59.7 Å². The van der Waals surface area contributed by atoms with Crippen molar-refractivity contribution in [2.45, 2.75) is 18.7 Å². The summed E-state index contributed by atoms with van der Waals surface area (Å²) in [7, 11) is 3.31. The summed E-state index contributed by atoms with van der Waals surface area (Å²) in [4.78, 5) is 27.9. The zero-order chi connectivity index (χ0) is 21.7. The second-order valence-corrected chi connectivity index (χ2v) is 7.47. The Morgan fingerprint density at radius 2 is 1.83 bits per heavy atom. The molecule has 0 radical (unpaired) electrons. The summed E-state index contributed by atoms with van der Waals surface area (Å²) >= 11 is 0. The van der Waals surface area contributed by atoms with Gasteiger partial charge in [0.05, 0.1) is 18.7 Å². The van der Waals surface area contributed by atoms with E-state index >= 15 is 0 Å². The molecule has 0 saturated carbocycles. The number of hydrogen-bond acceptors (Lipinski definition) is 7. The van der Waals surface area contributed by atoms with Gasteiger partial charge in [0.25, 0.3) is 0 Å². The van der Waals surface area contributed by atoms with Crippen LogP contribution in [-0.4, -0.2) is 67.9 Å². The third-order valence-electron chi connectivity index (χ3n) is 5.19. The van der Waals surface area contributed by atoms with Crippen LogP contribution in [0.2, 0.25) is 0 Å². The number of esters is 1. The van der Waals surface area contributed by atoms with Crippen molar-refractivity contribution in [1.82, 2.24) is 4.90 Å². The number of benzene rings is 2. The zero-order valence-corrected chi connectivity index (χ0v) is 17.2. The van der Waals surface area contributed by atoms with Gasteiger partial charge in [-0.2, -0.15) is 0 Å². The highest BCUT2D eigenvalue weighted by Crippen LogP contribution is 2.20. The molecule has 0 bridgehead atoms. The van der Waals surface area contributed by atoms with Crippen LogP contribution in [0.15, 0.2) is 48.5 Å². The molecule has 1 aliphatic heterocycles. The number of methoxy groups -OCH3 is 1. The zero-order valence-electron chi connectivity index (χ0n) is 17.2. The van der Waals surface area contributed by atoms with Crippen LogP contribution in [0.5, 0.6) is 0 Å². The van der Waals surface area contributed by atoms with E-state index in [4.69, 9.17) is 5.73 Å². The first kappa shape index (κ1) is 21.8. The number of β-amino-alcohol motifs (C(OH)–C–C–N with tert-alkyl or cyclic N) is 1. The number of aliphatic hydroxyl groups excluding tert-OH is 1. The lowest BCUT2D eigenvalue weighted by molar-refractivity contribution is -0.117. The molecule has 4 N–H and O–H groups in total. The van der Waals surface area contributed by atoms with Crippen molar-refractivity contribution < 1.29 is 19.4 Å². The minimum Gasteiger partial charge on any atom is -0.465 e. The fraction of sp³-hybridized carbons (Fsp3) is 0.364. The quantitative estimate of drug-likeness (QED) is 0.609. The molecule has 8 nitrogen and oxygen atoms in total. The van der Waals surface area contributed by atoms with Crippen molar-refractivity contribution in [1.29, 1.82) is 0 Å². The summed E-state index contributed by atoms with van der Waals surface area (Å²) in [5, 5.41) is 13.0. The first-order valence-electron chi connectivity index (χ1n) is 9.84. The van der Waals surface area contributed by atoms with Gasteiger partial charge >= 0.3 is 5.97 Å². The number of rotatable bonds is 6. The van der Waals surface area contributed by atoms with Gasteiger partial charge in [-0.15, -0.1) is 0 Å². The average Bonchev–Trinajstić information content (AvgIpc) is 2.74. The van der Waals surface area contributed by atoms with E-state index in [2.05, 4.69) is 15.0 Å². The summed E-state index contributed by atoms with van der Waals surface area (Å²) in [5.41, 5.74) is 8.92. The van der Waals surface area contributed by atoms with Crippen LogP contribution in [0, 0.1) is 0 Å². The monoisotopic (exact) mass is 412 g/mol. The third kappa shape index (κ3) is 5.35. The average molecular weight is 412 g/mol. The predicted octanol–water partition coefficient (Wildman–Crippen LogP) is 1.05. The van der Waals surface area contributed by atoms with Crippen LogP contribution in [0.4, 0.5) is 11.4 Å². The van der Waals surface area contributed by atoms with E-state index in [0.29, 0.717) is 24.2 Å². The van der Waals surface area contributed by atoms with Gasteiger partial charge in [-0.25, -0.2) is 4.79 Å². The first-order chi connectivity index (χ1) is 14.4. The predicted molar refractivity (Wildman–Crippen MR) is 115 cm³/mol. The molecule has 2 aromatic rings. The molecule has 0 aromatic heterocycles. The topological polar surface area (TPSA) is 108 Å². The lowest BCUT2D eigenvalue weighted by Crippen LogP contribution is -2.51. The maximum atomic E-state index is 12.4. The Bertz CT molecular complexity index is 870. The number of ether oxygens (including phenoxy) is 1. The van der Waals surface area contributed by atoms with Crippen molar-refractivity contribution in [2.75, 3.05) is 44.0 Å². The standard InChI is InChI=1S/C22H28N4O4/c1-25-11-12-26(20(27)14-25)18-9-3-15(4-10-18)13-19(23)21(28)24-17-7-5-16(6-8-17)22(29)30-2/h3-10,19-20,27H,11-14,23H2,1-2H3,(H,24,28)/t19-,20-/m0/s1. The second-order valence-electron chi connectivity index (χ2n) is 7.47. The van der Waals surface area contributed by atoms with Crippen LogP contribution in [-0.2, 0) is 16.0 Å². The number of amides is 1. The maximum absolute atomic E-state index is 12.4. The van der Waals surface area contributed by atoms with E-state index in [0.717, 1.165) is 24.3 Å². The Morgan fingerprint density at radius 3 is 2.43 bits per heavy atom. The van der Waals surface area contributed by atoms with Gasteiger partial charge in [-0.3, -0.25) is 4.79 Å². The van der Waals surface area contributed by atoms with Gasteiger partial charge in [0.15, 0.2) is 0 Å². The third-order valence-corrected chi connectivity index (χ3v) is 5.19. The number of carbonyl (C=O) groups is 2. The van der Waals surface area contributed by atoms with Crippen LogP contribution < -0.4 is 16.0 Å². The Hall–Kier alpha value is -2.94. The molecule has 1 amide bonds. The van der Waals surface area contributed by atoms with Gasteiger partial charge in [-0.1, -0.05) is 12.1 Å². The van der Waals surface area contributed by atoms with Crippen molar-refractivity contribution in [3.8, 4) is 0 Å². The van der Waals surface area contributed by atoms with Crippen molar-refractivity contribution in [2.24, 2.45) is 5.73 Å². The minimum absolute atomic E-state index is 0.306. The highest BCUT2D eigenvalue weighted by Gasteiger charge is 2.23. The molecule has 160 valence electrons. The van der Waals surface area contributed by atoms with E-state index in [1.165, 1.54) is 7.11 Å². The smallest absolute Gasteiger partial charge is 0.337 e. The molecule has 1 fully saturated rings. The number of nitrogens with zero attached hydrogens (tertiary/aromatic N) is 2. The van der Waals surface area contributed by atoms with E-state index in [1.54, 1.807) is 24.3 Å². The van der Waals surface area contributed by atoms with Crippen LogP contribution >= 0.6 is 0 Å². The summed E-state index contributed by atoms with van der Waals surface area (Å²) < 4.78 is 4.65. The number of nitrogens with two attached hydrogens (primary N) is 1. The highest BCUT2D eigenvalue weighted by molar-refractivity contribution is 5.95. The largest absolute Gasteiger partial charge is 0.465 e. The summed E-state index contributed by atoms with van der Waals surface area (Å²) in [6, 6.07) is 13.5. The van der Waals surface area contributed by atoms with Crippen LogP contribution in [0.1, 0.15) is 15.9 Å². The fourth-order valence-corrected chi connectivity index (χ4v) is 3.41. The Labute approximate surface area is 176 Å². The molecule has 30 heavy (non-hydrogen) atoms. The van der Waals surface area contributed by atoms with Crippen molar-refractivity contribution >= 4 is 23.3 Å². The molecular weight excluding hydrogens is 384 g/mol. The molecule has 8 heteroatoms.